The van der Waals surface area contributed by atoms with Gasteiger partial charge in [0.05, 0.1) is 6.42 Å². The summed E-state index contributed by atoms with van der Waals surface area (Å²) in [4.78, 5) is 11.8. The summed E-state index contributed by atoms with van der Waals surface area (Å²) >= 11 is 1.61. The van der Waals surface area contributed by atoms with Gasteiger partial charge < -0.3 is 5.32 Å². The Hall–Kier alpha value is -1.61. The third kappa shape index (κ3) is 3.17. The van der Waals surface area contributed by atoms with Crippen molar-refractivity contribution >= 4 is 22.9 Å². The van der Waals surface area contributed by atoms with Crippen molar-refractivity contribution in [1.29, 1.82) is 0 Å². The highest BCUT2D eigenvalue weighted by molar-refractivity contribution is 7.08. The molecule has 1 N–H and O–H groups in total. The number of nitrogens with one attached hydrogen (secondary N) is 1. The van der Waals surface area contributed by atoms with E-state index >= 15 is 0 Å². The normalized spacial score (nSPS) is 10.2. The van der Waals surface area contributed by atoms with Crippen LogP contribution in [0.25, 0.3) is 0 Å². The standard InChI is InChI=1S/C14H15NOS/c1-10-3-4-13(11(2)7-10)15-14(16)8-12-5-6-17-9-12/h3-7,9H,8H2,1-2H3,(H,15,16). The topological polar surface area (TPSA) is 29.1 Å². The number of benzene rings is 1. The molecule has 0 atom stereocenters. The maximum Gasteiger partial charge on any atom is 0.228 e. The molecule has 2 nitrogen and oxygen atoms in total. The Morgan fingerprint density at radius 3 is 2.76 bits per heavy atom. The summed E-state index contributed by atoms with van der Waals surface area (Å²) in [6.45, 7) is 4.05. The van der Waals surface area contributed by atoms with Gasteiger partial charge in [0, 0.05) is 5.69 Å². The van der Waals surface area contributed by atoms with Gasteiger partial charge in [-0.2, -0.15) is 11.3 Å². The number of anilines is 1. The fraction of sp³-hybridized carbons (Fsp3) is 0.214. The second-order valence-electron chi connectivity index (χ2n) is 4.17. The average molecular weight is 245 g/mol. The van der Waals surface area contributed by atoms with Crippen molar-refractivity contribution in [2.75, 3.05) is 5.32 Å². The summed E-state index contributed by atoms with van der Waals surface area (Å²) in [5, 5.41) is 6.93. The predicted molar refractivity (Wildman–Crippen MR) is 72.6 cm³/mol. The molecule has 1 amide bonds. The van der Waals surface area contributed by atoms with Crippen LogP contribution in [-0.4, -0.2) is 5.91 Å². The number of thiophene rings is 1. The van der Waals surface area contributed by atoms with E-state index in [4.69, 9.17) is 0 Å². The lowest BCUT2D eigenvalue weighted by molar-refractivity contribution is -0.115. The molecule has 1 aromatic carbocycles. The minimum absolute atomic E-state index is 0.0374. The molecule has 0 saturated heterocycles. The Kier molecular flexibility index (Phi) is 3.59. The molecule has 0 fully saturated rings. The van der Waals surface area contributed by atoms with Crippen molar-refractivity contribution in [3.8, 4) is 0 Å². The number of amides is 1. The molecule has 88 valence electrons. The quantitative estimate of drug-likeness (QED) is 0.880. The first kappa shape index (κ1) is 11.9. The van der Waals surface area contributed by atoms with Crippen LogP contribution in [-0.2, 0) is 11.2 Å². The van der Waals surface area contributed by atoms with E-state index in [1.165, 1.54) is 5.56 Å². The third-order valence-corrected chi connectivity index (χ3v) is 3.33. The van der Waals surface area contributed by atoms with E-state index in [0.717, 1.165) is 16.8 Å². The molecule has 0 spiro atoms. The van der Waals surface area contributed by atoms with E-state index in [1.807, 2.05) is 42.8 Å². The van der Waals surface area contributed by atoms with Crippen LogP contribution in [0.15, 0.2) is 35.0 Å². The second kappa shape index (κ2) is 5.15. The van der Waals surface area contributed by atoms with E-state index in [0.29, 0.717) is 6.42 Å². The zero-order valence-corrected chi connectivity index (χ0v) is 10.8. The van der Waals surface area contributed by atoms with Gasteiger partial charge in [-0.05, 0) is 47.9 Å². The van der Waals surface area contributed by atoms with Gasteiger partial charge in [0.1, 0.15) is 0 Å². The van der Waals surface area contributed by atoms with Crippen LogP contribution in [0, 0.1) is 13.8 Å². The van der Waals surface area contributed by atoms with E-state index in [2.05, 4.69) is 11.4 Å². The summed E-state index contributed by atoms with van der Waals surface area (Å²) in [6.07, 6.45) is 0.441. The highest BCUT2D eigenvalue weighted by Crippen LogP contribution is 2.16. The predicted octanol–water partition coefficient (Wildman–Crippen LogP) is 3.55. The van der Waals surface area contributed by atoms with Crippen molar-refractivity contribution in [2.24, 2.45) is 0 Å². The summed E-state index contributed by atoms with van der Waals surface area (Å²) < 4.78 is 0. The van der Waals surface area contributed by atoms with Gasteiger partial charge in [-0.3, -0.25) is 4.79 Å². The smallest absolute Gasteiger partial charge is 0.228 e. The largest absolute Gasteiger partial charge is 0.326 e. The molecule has 0 radical (unpaired) electrons. The van der Waals surface area contributed by atoms with E-state index in [1.54, 1.807) is 11.3 Å². The second-order valence-corrected chi connectivity index (χ2v) is 4.95. The number of hydrogen-bond donors (Lipinski definition) is 1. The van der Waals surface area contributed by atoms with Crippen LogP contribution in [0.3, 0.4) is 0 Å². The average Bonchev–Trinajstić information content (AvgIpc) is 2.75. The van der Waals surface area contributed by atoms with Crippen LogP contribution in [0.1, 0.15) is 16.7 Å². The maximum atomic E-state index is 11.8. The molecule has 1 aromatic heterocycles. The number of carbonyl (C=O) groups is 1. The van der Waals surface area contributed by atoms with Crippen LogP contribution < -0.4 is 5.32 Å². The van der Waals surface area contributed by atoms with Crippen LogP contribution in [0.5, 0.6) is 0 Å². The molecule has 0 aliphatic rings. The number of aryl methyl sites for hydroxylation is 2. The molecule has 3 heteroatoms. The molecule has 2 aromatic rings. The minimum atomic E-state index is 0.0374. The van der Waals surface area contributed by atoms with Gasteiger partial charge in [-0.15, -0.1) is 0 Å². The zero-order valence-electron chi connectivity index (χ0n) is 9.99. The molecule has 0 unspecified atom stereocenters. The van der Waals surface area contributed by atoms with E-state index < -0.39 is 0 Å². The lowest BCUT2D eigenvalue weighted by atomic mass is 10.1. The van der Waals surface area contributed by atoms with Crippen LogP contribution in [0.4, 0.5) is 5.69 Å². The summed E-state index contributed by atoms with van der Waals surface area (Å²) in [5.41, 5.74) is 4.27. The van der Waals surface area contributed by atoms with Gasteiger partial charge >= 0.3 is 0 Å². The SMILES string of the molecule is Cc1ccc(NC(=O)Cc2ccsc2)c(C)c1. The summed E-state index contributed by atoms with van der Waals surface area (Å²) in [7, 11) is 0. The van der Waals surface area contributed by atoms with Gasteiger partial charge in [0.15, 0.2) is 0 Å². The lowest BCUT2D eigenvalue weighted by Crippen LogP contribution is -2.14. The number of carbonyl (C=O) groups excluding carboxylic acids is 1. The molecule has 0 saturated carbocycles. The highest BCUT2D eigenvalue weighted by atomic mass is 32.1. The Labute approximate surface area is 105 Å². The molecule has 0 aliphatic carbocycles. The summed E-state index contributed by atoms with van der Waals surface area (Å²) in [6, 6.07) is 8.01. The molecule has 2 rings (SSSR count). The first-order valence-corrected chi connectivity index (χ1v) is 6.47. The van der Waals surface area contributed by atoms with Gasteiger partial charge in [-0.1, -0.05) is 17.7 Å². The van der Waals surface area contributed by atoms with Gasteiger partial charge in [0.25, 0.3) is 0 Å². The Balaban J connectivity index is 2.03. The maximum absolute atomic E-state index is 11.8. The number of rotatable bonds is 3. The van der Waals surface area contributed by atoms with Crippen molar-refractivity contribution in [1.82, 2.24) is 0 Å². The first-order chi connectivity index (χ1) is 8.15. The zero-order chi connectivity index (χ0) is 12.3. The molecular weight excluding hydrogens is 230 g/mol. The third-order valence-electron chi connectivity index (χ3n) is 2.60. The number of hydrogen-bond acceptors (Lipinski definition) is 2. The Morgan fingerprint density at radius 1 is 1.29 bits per heavy atom. The summed E-state index contributed by atoms with van der Waals surface area (Å²) in [5.74, 6) is 0.0374. The fourth-order valence-corrected chi connectivity index (χ4v) is 2.40. The Bertz CT molecular complexity index is 517. The van der Waals surface area contributed by atoms with Crippen LogP contribution in [0.2, 0.25) is 0 Å². The molecule has 0 aliphatic heterocycles. The lowest BCUT2D eigenvalue weighted by Gasteiger charge is -2.08. The van der Waals surface area contributed by atoms with Crippen LogP contribution >= 0.6 is 11.3 Å². The van der Waals surface area contributed by atoms with E-state index in [9.17, 15) is 4.79 Å². The fourth-order valence-electron chi connectivity index (χ4n) is 1.73. The monoisotopic (exact) mass is 245 g/mol. The van der Waals surface area contributed by atoms with Crippen molar-refractivity contribution in [2.45, 2.75) is 20.3 Å². The van der Waals surface area contributed by atoms with E-state index in [-0.39, 0.29) is 5.91 Å². The highest BCUT2D eigenvalue weighted by Gasteiger charge is 2.06. The Morgan fingerprint density at radius 2 is 2.12 bits per heavy atom. The molecular formula is C14H15NOS. The van der Waals surface area contributed by atoms with Crippen molar-refractivity contribution < 1.29 is 4.79 Å². The van der Waals surface area contributed by atoms with Crippen molar-refractivity contribution in [3.63, 3.8) is 0 Å². The van der Waals surface area contributed by atoms with Gasteiger partial charge in [0.2, 0.25) is 5.91 Å². The molecule has 0 bridgehead atoms. The molecule has 1 heterocycles. The molecule has 17 heavy (non-hydrogen) atoms. The first-order valence-electron chi connectivity index (χ1n) is 5.53. The van der Waals surface area contributed by atoms with Gasteiger partial charge in [-0.25, -0.2) is 0 Å². The van der Waals surface area contributed by atoms with Crippen molar-refractivity contribution in [3.05, 3.63) is 51.7 Å². The minimum Gasteiger partial charge on any atom is -0.326 e.